The van der Waals surface area contributed by atoms with Gasteiger partial charge in [-0.05, 0) is 50.4 Å². The van der Waals surface area contributed by atoms with Crippen LogP contribution in [0.2, 0.25) is 0 Å². The highest BCUT2D eigenvalue weighted by atomic mass is 127. The number of benzene rings is 1. The third-order valence-electron chi connectivity index (χ3n) is 4.18. The summed E-state index contributed by atoms with van der Waals surface area (Å²) >= 11 is 0. The van der Waals surface area contributed by atoms with E-state index in [1.54, 1.807) is 18.2 Å². The third-order valence-corrected chi connectivity index (χ3v) is 5.59. The predicted octanol–water partition coefficient (Wildman–Crippen LogP) is 2.41. The van der Waals surface area contributed by atoms with Gasteiger partial charge in [0.1, 0.15) is 0 Å². The van der Waals surface area contributed by atoms with Gasteiger partial charge < -0.3 is 10.2 Å². The van der Waals surface area contributed by atoms with Gasteiger partial charge in [-0.15, -0.1) is 24.0 Å². The van der Waals surface area contributed by atoms with E-state index in [0.29, 0.717) is 12.5 Å². The highest BCUT2D eigenvalue weighted by Gasteiger charge is 2.19. The summed E-state index contributed by atoms with van der Waals surface area (Å²) in [5.41, 5.74) is 0.881. The maximum absolute atomic E-state index is 11.9. The molecule has 1 heterocycles. The average molecular weight is 480 g/mol. The first-order valence-corrected chi connectivity index (χ1v) is 10.0. The Morgan fingerprint density at radius 1 is 1.40 bits per heavy atom. The maximum Gasteiger partial charge on any atom is 0.240 e. The Hall–Kier alpha value is -0.870. The van der Waals surface area contributed by atoms with Crippen LogP contribution in [0.3, 0.4) is 0 Å². The Labute approximate surface area is 168 Å². The Morgan fingerprint density at radius 2 is 2.16 bits per heavy atom. The van der Waals surface area contributed by atoms with Crippen LogP contribution in [0.15, 0.2) is 34.2 Å². The van der Waals surface area contributed by atoms with Gasteiger partial charge in [-0.2, -0.15) is 0 Å². The fourth-order valence-electron chi connectivity index (χ4n) is 2.90. The van der Waals surface area contributed by atoms with Gasteiger partial charge in [0.05, 0.1) is 11.4 Å². The highest BCUT2D eigenvalue weighted by molar-refractivity contribution is 14.0. The van der Waals surface area contributed by atoms with E-state index in [9.17, 15) is 8.42 Å². The number of piperidine rings is 1. The molecule has 1 aromatic rings. The molecule has 25 heavy (non-hydrogen) atoms. The normalized spacial score (nSPS) is 18.6. The van der Waals surface area contributed by atoms with Gasteiger partial charge in [-0.25, -0.2) is 18.1 Å². The number of halogens is 1. The first kappa shape index (κ1) is 22.2. The zero-order valence-corrected chi connectivity index (χ0v) is 18.3. The second-order valence-electron chi connectivity index (χ2n) is 6.22. The van der Waals surface area contributed by atoms with Crippen molar-refractivity contribution < 1.29 is 8.42 Å². The molecule has 0 spiro atoms. The Balaban J connectivity index is 0.00000312. The van der Waals surface area contributed by atoms with Crippen LogP contribution in [0.25, 0.3) is 0 Å². The summed E-state index contributed by atoms with van der Waals surface area (Å²) < 4.78 is 26.2. The molecule has 1 fully saturated rings. The fraction of sp³-hybridized carbons (Fsp3) is 0.588. The molecule has 1 aliphatic heterocycles. The Bertz CT molecular complexity index is 679. The highest BCUT2D eigenvalue weighted by Crippen LogP contribution is 2.16. The lowest BCUT2D eigenvalue weighted by Gasteiger charge is -2.33. The van der Waals surface area contributed by atoms with Gasteiger partial charge in [-0.1, -0.05) is 19.1 Å². The van der Waals surface area contributed by atoms with Crippen LogP contribution in [0.5, 0.6) is 0 Å². The summed E-state index contributed by atoms with van der Waals surface area (Å²) in [7, 11) is -2.00. The average Bonchev–Trinajstić information content (AvgIpc) is 2.59. The molecular weight excluding hydrogens is 451 g/mol. The topological polar surface area (TPSA) is 73.8 Å². The van der Waals surface area contributed by atoms with Crippen LogP contribution >= 0.6 is 24.0 Å². The van der Waals surface area contributed by atoms with Crippen molar-refractivity contribution >= 4 is 40.0 Å². The summed E-state index contributed by atoms with van der Waals surface area (Å²) in [5.74, 6) is 1.58. The maximum atomic E-state index is 11.9. The van der Waals surface area contributed by atoms with Crippen LogP contribution in [0.4, 0.5) is 0 Å². The molecule has 1 unspecified atom stereocenters. The summed E-state index contributed by atoms with van der Waals surface area (Å²) in [6.07, 6.45) is 2.45. The molecule has 142 valence electrons. The van der Waals surface area contributed by atoms with Gasteiger partial charge >= 0.3 is 0 Å². The lowest BCUT2D eigenvalue weighted by Crippen LogP contribution is -2.46. The van der Waals surface area contributed by atoms with Crippen molar-refractivity contribution in [3.8, 4) is 0 Å². The quantitative estimate of drug-likeness (QED) is 0.386. The monoisotopic (exact) mass is 480 g/mol. The van der Waals surface area contributed by atoms with Crippen molar-refractivity contribution in [3.63, 3.8) is 0 Å². The summed E-state index contributed by atoms with van der Waals surface area (Å²) in [6.45, 7) is 7.63. The Kier molecular flexibility index (Phi) is 9.15. The van der Waals surface area contributed by atoms with Crippen molar-refractivity contribution in [1.29, 1.82) is 0 Å². The first-order chi connectivity index (χ1) is 11.5. The van der Waals surface area contributed by atoms with Gasteiger partial charge in [0.2, 0.25) is 10.0 Å². The van der Waals surface area contributed by atoms with E-state index in [1.807, 2.05) is 6.07 Å². The van der Waals surface area contributed by atoms with Gasteiger partial charge in [0.25, 0.3) is 0 Å². The molecule has 2 rings (SSSR count). The minimum Gasteiger partial charge on any atom is -0.357 e. The molecule has 8 heteroatoms. The molecule has 0 saturated carbocycles. The standard InChI is InChI=1S/C17H28N4O2S.HI/c1-4-19-17(21-10-6-7-14(2)13-21)20-12-15-8-5-9-16(11-15)24(22,23)18-3;/h5,8-9,11,14,18H,4,6-7,10,12-13H2,1-3H3,(H,19,20);1H. The van der Waals surface area contributed by atoms with Crippen molar-refractivity contribution in [1.82, 2.24) is 14.9 Å². The lowest BCUT2D eigenvalue weighted by atomic mass is 10.0. The largest absolute Gasteiger partial charge is 0.357 e. The summed E-state index contributed by atoms with van der Waals surface area (Å²) in [5, 5.41) is 3.34. The number of nitrogens with one attached hydrogen (secondary N) is 2. The molecule has 1 aliphatic rings. The second-order valence-corrected chi connectivity index (χ2v) is 8.11. The first-order valence-electron chi connectivity index (χ1n) is 8.52. The van der Waals surface area contributed by atoms with Crippen molar-refractivity contribution in [2.24, 2.45) is 10.9 Å². The molecular formula is C17H29IN4O2S. The van der Waals surface area contributed by atoms with Gasteiger partial charge in [0.15, 0.2) is 5.96 Å². The SMILES string of the molecule is CCNC(=NCc1cccc(S(=O)(=O)NC)c1)N1CCCC(C)C1.I. The van der Waals surface area contributed by atoms with E-state index >= 15 is 0 Å². The zero-order valence-electron chi connectivity index (χ0n) is 15.2. The van der Waals surface area contributed by atoms with E-state index in [4.69, 9.17) is 4.99 Å². The molecule has 1 saturated heterocycles. The van der Waals surface area contributed by atoms with Crippen LogP contribution < -0.4 is 10.0 Å². The predicted molar refractivity (Wildman–Crippen MR) is 113 cm³/mol. The van der Waals surface area contributed by atoms with E-state index in [-0.39, 0.29) is 28.9 Å². The number of rotatable bonds is 5. The second kappa shape index (κ2) is 10.3. The number of nitrogens with zero attached hydrogens (tertiary/aromatic N) is 2. The number of sulfonamides is 1. The minimum absolute atomic E-state index is 0. The zero-order chi connectivity index (χ0) is 17.6. The van der Waals surface area contributed by atoms with Crippen LogP contribution in [-0.4, -0.2) is 46.0 Å². The van der Waals surface area contributed by atoms with Crippen molar-refractivity contribution in [2.45, 2.75) is 38.1 Å². The van der Waals surface area contributed by atoms with Gasteiger partial charge in [-0.3, -0.25) is 0 Å². The molecule has 0 radical (unpaired) electrons. The minimum atomic E-state index is -3.42. The molecule has 0 aliphatic carbocycles. The molecule has 0 aromatic heterocycles. The molecule has 1 aromatic carbocycles. The van der Waals surface area contributed by atoms with Gasteiger partial charge in [0, 0.05) is 19.6 Å². The van der Waals surface area contributed by atoms with E-state index in [1.165, 1.54) is 19.9 Å². The smallest absolute Gasteiger partial charge is 0.240 e. The van der Waals surface area contributed by atoms with E-state index in [0.717, 1.165) is 31.2 Å². The molecule has 0 bridgehead atoms. The number of hydrogen-bond acceptors (Lipinski definition) is 3. The van der Waals surface area contributed by atoms with Crippen LogP contribution in [-0.2, 0) is 16.6 Å². The number of hydrogen-bond donors (Lipinski definition) is 2. The van der Waals surface area contributed by atoms with Crippen LogP contribution in [0.1, 0.15) is 32.3 Å². The summed E-state index contributed by atoms with van der Waals surface area (Å²) in [4.78, 5) is 7.28. The number of aliphatic imine (C=N–C) groups is 1. The molecule has 2 N–H and O–H groups in total. The molecule has 0 amide bonds. The number of likely N-dealkylation sites (tertiary alicyclic amines) is 1. The van der Waals surface area contributed by atoms with Crippen molar-refractivity contribution in [3.05, 3.63) is 29.8 Å². The van der Waals surface area contributed by atoms with E-state index < -0.39 is 10.0 Å². The molecule has 1 atom stereocenters. The van der Waals surface area contributed by atoms with E-state index in [2.05, 4.69) is 28.8 Å². The fourth-order valence-corrected chi connectivity index (χ4v) is 3.70. The summed E-state index contributed by atoms with van der Waals surface area (Å²) in [6, 6.07) is 6.93. The van der Waals surface area contributed by atoms with Crippen molar-refractivity contribution in [2.75, 3.05) is 26.7 Å². The lowest BCUT2D eigenvalue weighted by molar-refractivity contribution is 0.266. The number of guanidine groups is 1. The third kappa shape index (κ3) is 6.41. The van der Waals surface area contributed by atoms with Crippen LogP contribution in [0, 0.1) is 5.92 Å². The Morgan fingerprint density at radius 3 is 2.80 bits per heavy atom. The molecule has 6 nitrogen and oxygen atoms in total.